The molecule has 2 aromatic rings. The van der Waals surface area contributed by atoms with Crippen LogP contribution in [0.3, 0.4) is 0 Å². The molecule has 0 saturated carbocycles. The lowest BCUT2D eigenvalue weighted by atomic mass is 9.97. The number of ketones is 1. The van der Waals surface area contributed by atoms with Gasteiger partial charge < -0.3 is 19.5 Å². The average Bonchev–Trinajstić information content (AvgIpc) is 2.70. The van der Waals surface area contributed by atoms with Crippen LogP contribution in [0.4, 0.5) is 5.69 Å². The first kappa shape index (κ1) is 19.5. The molecule has 5 nitrogen and oxygen atoms in total. The zero-order chi connectivity index (χ0) is 20.3. The number of anilines is 1. The van der Waals surface area contributed by atoms with Crippen LogP contribution in [-0.2, 0) is 0 Å². The molecule has 0 fully saturated rings. The average molecular weight is 379 g/mol. The molecule has 0 aromatic heterocycles. The van der Waals surface area contributed by atoms with Crippen LogP contribution in [-0.4, -0.2) is 32.7 Å². The Labute approximate surface area is 165 Å². The summed E-state index contributed by atoms with van der Waals surface area (Å²) >= 11 is 0. The molecule has 0 spiro atoms. The topological polar surface area (TPSA) is 56.8 Å². The van der Waals surface area contributed by atoms with Gasteiger partial charge in [-0.15, -0.1) is 0 Å². The van der Waals surface area contributed by atoms with E-state index in [1.54, 1.807) is 38.5 Å². The molecule has 1 aliphatic rings. The maximum absolute atomic E-state index is 12.9. The molecule has 0 aliphatic carbocycles. The Kier molecular flexibility index (Phi) is 5.45. The number of nitrogens with one attached hydrogen (secondary N) is 1. The van der Waals surface area contributed by atoms with Crippen molar-refractivity contribution in [3.8, 4) is 17.2 Å². The number of hydrogen-bond donors (Lipinski definition) is 1. The molecule has 0 radical (unpaired) electrons. The normalized spacial score (nSPS) is 14.3. The molecular weight excluding hydrogens is 354 g/mol. The summed E-state index contributed by atoms with van der Waals surface area (Å²) in [6.45, 7) is 3.90. The SMILES string of the molecule is CNc1cc(/C=C/C(=O)c2ccc(OC)c3c2OC(C)(C)C=C3)ccc1OC. The monoisotopic (exact) mass is 379 g/mol. The van der Waals surface area contributed by atoms with Gasteiger partial charge in [-0.3, -0.25) is 4.79 Å². The van der Waals surface area contributed by atoms with E-state index in [4.69, 9.17) is 14.2 Å². The summed E-state index contributed by atoms with van der Waals surface area (Å²) < 4.78 is 16.8. The Morgan fingerprint density at radius 1 is 1.11 bits per heavy atom. The highest BCUT2D eigenvalue weighted by atomic mass is 16.5. The van der Waals surface area contributed by atoms with Gasteiger partial charge in [0.05, 0.1) is 31.0 Å². The van der Waals surface area contributed by atoms with Crippen LogP contribution in [0.15, 0.2) is 42.5 Å². The van der Waals surface area contributed by atoms with Gasteiger partial charge in [-0.05, 0) is 61.9 Å². The summed E-state index contributed by atoms with van der Waals surface area (Å²) in [7, 11) is 5.05. The molecule has 0 amide bonds. The number of carbonyl (C=O) groups excluding carboxylic acids is 1. The summed E-state index contributed by atoms with van der Waals surface area (Å²) in [6, 6.07) is 9.22. The fourth-order valence-corrected chi connectivity index (χ4v) is 3.09. The van der Waals surface area contributed by atoms with Gasteiger partial charge in [0.15, 0.2) is 5.78 Å². The molecule has 1 N–H and O–H groups in total. The van der Waals surface area contributed by atoms with Gasteiger partial charge in [-0.25, -0.2) is 0 Å². The van der Waals surface area contributed by atoms with E-state index in [0.29, 0.717) is 17.1 Å². The standard InChI is InChI=1S/C23H25NO4/c1-23(2)13-12-17-20(26-4)11-8-16(22(17)28-23)19(25)9-6-15-7-10-21(27-5)18(14-15)24-3/h6-14,24H,1-5H3/b9-6+. The summed E-state index contributed by atoms with van der Waals surface area (Å²) in [5, 5.41) is 3.08. The number of allylic oxidation sites excluding steroid dienone is 1. The Bertz CT molecular complexity index is 957. The zero-order valence-electron chi connectivity index (χ0n) is 16.8. The Morgan fingerprint density at radius 3 is 2.50 bits per heavy atom. The molecule has 5 heteroatoms. The number of fused-ring (bicyclic) bond motifs is 1. The summed E-state index contributed by atoms with van der Waals surface area (Å²) in [6.07, 6.45) is 7.24. The van der Waals surface area contributed by atoms with Gasteiger partial charge in [0.1, 0.15) is 22.8 Å². The molecule has 0 saturated heterocycles. The molecule has 2 aromatic carbocycles. The minimum Gasteiger partial charge on any atom is -0.496 e. The van der Waals surface area contributed by atoms with Crippen molar-refractivity contribution < 1.29 is 19.0 Å². The van der Waals surface area contributed by atoms with Crippen LogP contribution in [0, 0.1) is 0 Å². The van der Waals surface area contributed by atoms with Crippen LogP contribution in [0.2, 0.25) is 0 Å². The molecule has 1 aliphatic heterocycles. The predicted octanol–water partition coefficient (Wildman–Crippen LogP) is 4.83. The second-order valence-electron chi connectivity index (χ2n) is 7.00. The molecule has 146 valence electrons. The van der Waals surface area contributed by atoms with Crippen molar-refractivity contribution >= 4 is 23.6 Å². The Morgan fingerprint density at radius 2 is 1.82 bits per heavy atom. The predicted molar refractivity (Wildman–Crippen MR) is 113 cm³/mol. The van der Waals surface area contributed by atoms with Crippen molar-refractivity contribution in [1.82, 2.24) is 0 Å². The first-order valence-corrected chi connectivity index (χ1v) is 9.06. The zero-order valence-corrected chi connectivity index (χ0v) is 16.8. The lowest BCUT2D eigenvalue weighted by Crippen LogP contribution is -2.28. The van der Waals surface area contributed by atoms with Gasteiger partial charge in [0, 0.05) is 7.05 Å². The number of benzene rings is 2. The summed E-state index contributed by atoms with van der Waals surface area (Å²) in [5.74, 6) is 1.84. The lowest BCUT2D eigenvalue weighted by molar-refractivity contribution is 0.103. The maximum atomic E-state index is 12.9. The number of rotatable bonds is 6. The fraction of sp³-hybridized carbons (Fsp3) is 0.261. The van der Waals surface area contributed by atoms with E-state index < -0.39 is 5.60 Å². The highest BCUT2D eigenvalue weighted by Crippen LogP contribution is 2.40. The number of ether oxygens (including phenoxy) is 3. The van der Waals surface area contributed by atoms with Crippen LogP contribution in [0.1, 0.15) is 35.3 Å². The largest absolute Gasteiger partial charge is 0.496 e. The summed E-state index contributed by atoms with van der Waals surface area (Å²) in [4.78, 5) is 12.9. The lowest BCUT2D eigenvalue weighted by Gasteiger charge is -2.29. The van der Waals surface area contributed by atoms with E-state index in [0.717, 1.165) is 22.6 Å². The molecule has 1 heterocycles. The van der Waals surface area contributed by atoms with Crippen molar-refractivity contribution in [2.75, 3.05) is 26.6 Å². The highest BCUT2D eigenvalue weighted by molar-refractivity contribution is 6.09. The molecule has 0 bridgehead atoms. The molecule has 0 atom stereocenters. The molecule has 28 heavy (non-hydrogen) atoms. The van der Waals surface area contributed by atoms with E-state index in [-0.39, 0.29) is 5.78 Å². The van der Waals surface area contributed by atoms with E-state index in [1.807, 2.05) is 51.2 Å². The van der Waals surface area contributed by atoms with Gasteiger partial charge in [-0.2, -0.15) is 0 Å². The number of carbonyl (C=O) groups is 1. The fourth-order valence-electron chi connectivity index (χ4n) is 3.09. The van der Waals surface area contributed by atoms with Gasteiger partial charge >= 0.3 is 0 Å². The number of methoxy groups -OCH3 is 2. The van der Waals surface area contributed by atoms with E-state index in [1.165, 1.54) is 0 Å². The maximum Gasteiger partial charge on any atom is 0.189 e. The minimum atomic E-state index is -0.490. The van der Waals surface area contributed by atoms with E-state index in [9.17, 15) is 4.79 Å². The highest BCUT2D eigenvalue weighted by Gasteiger charge is 2.27. The van der Waals surface area contributed by atoms with Gasteiger partial charge in [0.25, 0.3) is 0 Å². The van der Waals surface area contributed by atoms with E-state index >= 15 is 0 Å². The molecule has 3 rings (SSSR count). The van der Waals surface area contributed by atoms with Crippen LogP contribution >= 0.6 is 0 Å². The van der Waals surface area contributed by atoms with Crippen LogP contribution < -0.4 is 19.5 Å². The van der Waals surface area contributed by atoms with Gasteiger partial charge in [0.2, 0.25) is 0 Å². The molecule has 0 unspecified atom stereocenters. The summed E-state index contributed by atoms with van der Waals surface area (Å²) in [5.41, 5.74) is 2.54. The Balaban J connectivity index is 1.94. The van der Waals surface area contributed by atoms with Crippen LogP contribution in [0.25, 0.3) is 12.2 Å². The second kappa shape index (κ2) is 7.80. The Hall–Kier alpha value is -3.21. The van der Waals surface area contributed by atoms with Gasteiger partial charge in [-0.1, -0.05) is 12.1 Å². The third-order valence-corrected chi connectivity index (χ3v) is 4.58. The van der Waals surface area contributed by atoms with Crippen molar-refractivity contribution in [3.63, 3.8) is 0 Å². The van der Waals surface area contributed by atoms with Crippen LogP contribution in [0.5, 0.6) is 17.2 Å². The number of hydrogen-bond acceptors (Lipinski definition) is 5. The van der Waals surface area contributed by atoms with E-state index in [2.05, 4.69) is 5.32 Å². The third-order valence-electron chi connectivity index (χ3n) is 4.58. The third kappa shape index (κ3) is 3.88. The minimum absolute atomic E-state index is 0.133. The second-order valence-corrected chi connectivity index (χ2v) is 7.00. The smallest absolute Gasteiger partial charge is 0.189 e. The van der Waals surface area contributed by atoms with Crippen molar-refractivity contribution in [1.29, 1.82) is 0 Å². The van der Waals surface area contributed by atoms with Crippen molar-refractivity contribution in [2.45, 2.75) is 19.4 Å². The first-order valence-electron chi connectivity index (χ1n) is 9.06. The quantitative estimate of drug-likeness (QED) is 0.576. The molecular formula is C23H25NO4. The van der Waals surface area contributed by atoms with Crippen molar-refractivity contribution in [2.24, 2.45) is 0 Å². The first-order chi connectivity index (χ1) is 13.4. The van der Waals surface area contributed by atoms with Crippen molar-refractivity contribution in [3.05, 3.63) is 59.2 Å².